The second-order valence-electron chi connectivity index (χ2n) is 5.50. The molecule has 1 fully saturated rings. The molecule has 6 nitrogen and oxygen atoms in total. The Morgan fingerprint density at radius 3 is 2.86 bits per heavy atom. The number of hydrogen-bond donors (Lipinski definition) is 0. The highest BCUT2D eigenvalue weighted by atomic mass is 16.2. The van der Waals surface area contributed by atoms with E-state index >= 15 is 0 Å². The molecular formula is C15H19N5O. The summed E-state index contributed by atoms with van der Waals surface area (Å²) in [4.78, 5) is 22.5. The van der Waals surface area contributed by atoms with E-state index in [2.05, 4.69) is 15.1 Å². The maximum absolute atomic E-state index is 11.6. The zero-order valence-corrected chi connectivity index (χ0v) is 12.4. The highest BCUT2D eigenvalue weighted by Gasteiger charge is 2.26. The van der Waals surface area contributed by atoms with E-state index < -0.39 is 0 Å². The predicted molar refractivity (Wildman–Crippen MR) is 78.5 cm³/mol. The molecule has 0 bridgehead atoms. The number of carbonyl (C=O) groups is 1. The molecule has 0 unspecified atom stereocenters. The molecule has 1 amide bonds. The molecule has 0 aromatic carbocycles. The van der Waals surface area contributed by atoms with E-state index in [0.717, 1.165) is 42.9 Å². The fourth-order valence-electron chi connectivity index (χ4n) is 2.90. The molecule has 0 N–H and O–H groups in total. The number of aryl methyl sites for hydroxylation is 1. The third-order valence-corrected chi connectivity index (χ3v) is 3.96. The Balaban J connectivity index is 1.93. The summed E-state index contributed by atoms with van der Waals surface area (Å²) in [6, 6.07) is 0. The standard InChI is InChI=1S/C15H19N5O/c1-11(21)20-7-3-4-12(10-20)14-15(17-6-5-16-14)13-8-18-19(2)9-13/h5-6,8-9,12H,3-4,7,10H2,1-2H3/t12-/m1/s1. The van der Waals surface area contributed by atoms with E-state index in [1.807, 2.05) is 18.1 Å². The van der Waals surface area contributed by atoms with Gasteiger partial charge in [0.2, 0.25) is 5.91 Å². The molecule has 1 aliphatic rings. The molecule has 3 heterocycles. The molecule has 21 heavy (non-hydrogen) atoms. The summed E-state index contributed by atoms with van der Waals surface area (Å²) in [6.07, 6.45) is 9.22. The van der Waals surface area contributed by atoms with Crippen LogP contribution in [-0.4, -0.2) is 43.6 Å². The Morgan fingerprint density at radius 2 is 2.14 bits per heavy atom. The second-order valence-corrected chi connectivity index (χ2v) is 5.50. The van der Waals surface area contributed by atoms with Gasteiger partial charge in [0.05, 0.1) is 17.6 Å². The fraction of sp³-hybridized carbons (Fsp3) is 0.467. The number of piperidine rings is 1. The van der Waals surface area contributed by atoms with E-state index in [4.69, 9.17) is 0 Å². The van der Waals surface area contributed by atoms with Gasteiger partial charge in [0.15, 0.2) is 0 Å². The number of carbonyl (C=O) groups excluding carboxylic acids is 1. The van der Waals surface area contributed by atoms with Crippen LogP contribution in [0.15, 0.2) is 24.8 Å². The molecule has 0 saturated carbocycles. The van der Waals surface area contributed by atoms with Crippen LogP contribution in [0.4, 0.5) is 0 Å². The van der Waals surface area contributed by atoms with Crippen LogP contribution in [0.5, 0.6) is 0 Å². The summed E-state index contributed by atoms with van der Waals surface area (Å²) in [7, 11) is 1.89. The molecule has 0 aliphatic carbocycles. The smallest absolute Gasteiger partial charge is 0.219 e. The predicted octanol–water partition coefficient (Wildman–Crippen LogP) is 1.60. The number of amides is 1. The summed E-state index contributed by atoms with van der Waals surface area (Å²) in [5.41, 5.74) is 2.82. The monoisotopic (exact) mass is 285 g/mol. The molecular weight excluding hydrogens is 266 g/mol. The summed E-state index contributed by atoms with van der Waals surface area (Å²) in [5.74, 6) is 0.373. The third kappa shape index (κ3) is 2.79. The molecule has 6 heteroatoms. The zero-order valence-electron chi connectivity index (χ0n) is 12.4. The van der Waals surface area contributed by atoms with E-state index in [9.17, 15) is 4.79 Å². The number of nitrogens with zero attached hydrogens (tertiary/aromatic N) is 5. The molecule has 1 atom stereocenters. The van der Waals surface area contributed by atoms with Crippen molar-refractivity contribution in [1.29, 1.82) is 0 Å². The molecule has 3 rings (SSSR count). The Hall–Kier alpha value is -2.24. The van der Waals surface area contributed by atoms with Crippen LogP contribution in [0.2, 0.25) is 0 Å². The molecule has 0 spiro atoms. The first-order chi connectivity index (χ1) is 10.1. The van der Waals surface area contributed by atoms with Crippen molar-refractivity contribution in [2.75, 3.05) is 13.1 Å². The minimum atomic E-state index is 0.131. The van der Waals surface area contributed by atoms with Gasteiger partial charge in [0.1, 0.15) is 0 Å². The van der Waals surface area contributed by atoms with Gasteiger partial charge in [-0.2, -0.15) is 5.10 Å². The second kappa shape index (κ2) is 5.63. The van der Waals surface area contributed by atoms with E-state index in [1.165, 1.54) is 0 Å². The highest BCUT2D eigenvalue weighted by Crippen LogP contribution is 2.31. The van der Waals surface area contributed by atoms with E-state index in [1.54, 1.807) is 30.2 Å². The minimum absolute atomic E-state index is 0.131. The SMILES string of the molecule is CC(=O)N1CCC[C@@H](c2nccnc2-c2cnn(C)c2)C1. The van der Waals surface area contributed by atoms with Gasteiger partial charge in [0.25, 0.3) is 0 Å². The van der Waals surface area contributed by atoms with Gasteiger partial charge >= 0.3 is 0 Å². The van der Waals surface area contributed by atoms with Crippen molar-refractivity contribution in [2.45, 2.75) is 25.7 Å². The molecule has 2 aromatic heterocycles. The van der Waals surface area contributed by atoms with E-state index in [0.29, 0.717) is 0 Å². The summed E-state index contributed by atoms with van der Waals surface area (Å²) >= 11 is 0. The summed E-state index contributed by atoms with van der Waals surface area (Å²) in [5, 5.41) is 4.21. The van der Waals surface area contributed by atoms with Crippen molar-refractivity contribution in [1.82, 2.24) is 24.6 Å². The quantitative estimate of drug-likeness (QED) is 0.841. The third-order valence-electron chi connectivity index (χ3n) is 3.96. The first kappa shape index (κ1) is 13.7. The van der Waals surface area contributed by atoms with Crippen molar-refractivity contribution in [3.63, 3.8) is 0 Å². The van der Waals surface area contributed by atoms with Gasteiger partial charge < -0.3 is 4.90 Å². The van der Waals surface area contributed by atoms with Crippen LogP contribution in [0.3, 0.4) is 0 Å². The topological polar surface area (TPSA) is 63.9 Å². The Labute approximate surface area is 123 Å². The normalized spacial score (nSPS) is 18.8. The Kier molecular flexibility index (Phi) is 3.68. The van der Waals surface area contributed by atoms with Gasteiger partial charge in [-0.15, -0.1) is 0 Å². The van der Waals surface area contributed by atoms with Crippen LogP contribution >= 0.6 is 0 Å². The average Bonchev–Trinajstić information content (AvgIpc) is 2.94. The fourth-order valence-corrected chi connectivity index (χ4v) is 2.90. The van der Waals surface area contributed by atoms with Crippen molar-refractivity contribution in [2.24, 2.45) is 7.05 Å². The summed E-state index contributed by atoms with van der Waals surface area (Å²) < 4.78 is 1.76. The lowest BCUT2D eigenvalue weighted by Gasteiger charge is -2.32. The number of hydrogen-bond acceptors (Lipinski definition) is 4. The number of rotatable bonds is 2. The average molecular weight is 285 g/mol. The molecule has 0 radical (unpaired) electrons. The maximum atomic E-state index is 11.6. The van der Waals surface area contributed by atoms with Crippen molar-refractivity contribution in [3.8, 4) is 11.3 Å². The lowest BCUT2D eigenvalue weighted by molar-refractivity contribution is -0.130. The first-order valence-electron chi connectivity index (χ1n) is 7.20. The number of likely N-dealkylation sites (tertiary alicyclic amines) is 1. The maximum Gasteiger partial charge on any atom is 0.219 e. The number of aromatic nitrogens is 4. The van der Waals surface area contributed by atoms with Gasteiger partial charge in [-0.3, -0.25) is 19.4 Å². The van der Waals surface area contributed by atoms with Crippen LogP contribution in [0, 0.1) is 0 Å². The van der Waals surface area contributed by atoms with Crippen molar-refractivity contribution in [3.05, 3.63) is 30.5 Å². The highest BCUT2D eigenvalue weighted by molar-refractivity contribution is 5.73. The Bertz CT molecular complexity index is 651. The molecule has 1 aliphatic heterocycles. The van der Waals surface area contributed by atoms with Gasteiger partial charge in [-0.1, -0.05) is 0 Å². The lowest BCUT2D eigenvalue weighted by Crippen LogP contribution is -2.38. The molecule has 110 valence electrons. The zero-order chi connectivity index (χ0) is 14.8. The van der Waals surface area contributed by atoms with E-state index in [-0.39, 0.29) is 11.8 Å². The molecule has 2 aromatic rings. The van der Waals surface area contributed by atoms with Crippen LogP contribution in [0.25, 0.3) is 11.3 Å². The van der Waals surface area contributed by atoms with Crippen molar-refractivity contribution >= 4 is 5.91 Å². The van der Waals surface area contributed by atoms with Gasteiger partial charge in [0, 0.05) is 57.1 Å². The molecule has 1 saturated heterocycles. The van der Waals surface area contributed by atoms with Crippen LogP contribution in [-0.2, 0) is 11.8 Å². The largest absolute Gasteiger partial charge is 0.342 e. The minimum Gasteiger partial charge on any atom is -0.342 e. The van der Waals surface area contributed by atoms with Gasteiger partial charge in [-0.05, 0) is 12.8 Å². The van der Waals surface area contributed by atoms with Crippen molar-refractivity contribution < 1.29 is 4.79 Å². The first-order valence-corrected chi connectivity index (χ1v) is 7.20. The summed E-state index contributed by atoms with van der Waals surface area (Å²) in [6.45, 7) is 3.19. The van der Waals surface area contributed by atoms with Crippen LogP contribution in [0.1, 0.15) is 31.4 Å². The lowest BCUT2D eigenvalue weighted by atomic mass is 9.92. The Morgan fingerprint density at radius 1 is 1.33 bits per heavy atom. The van der Waals surface area contributed by atoms with Gasteiger partial charge in [-0.25, -0.2) is 0 Å². The van der Waals surface area contributed by atoms with Crippen LogP contribution < -0.4 is 0 Å².